The lowest BCUT2D eigenvalue weighted by Gasteiger charge is -1.99. The molecular weight excluding hydrogens is 266 g/mol. The van der Waals surface area contributed by atoms with Crippen molar-refractivity contribution < 1.29 is 9.21 Å². The van der Waals surface area contributed by atoms with Gasteiger partial charge in [-0.1, -0.05) is 18.2 Å². The van der Waals surface area contributed by atoms with E-state index in [-0.39, 0.29) is 5.91 Å². The van der Waals surface area contributed by atoms with Gasteiger partial charge in [-0.3, -0.25) is 4.79 Å². The minimum absolute atomic E-state index is 0.122. The first-order valence-corrected chi connectivity index (χ1v) is 6.73. The van der Waals surface area contributed by atoms with Gasteiger partial charge in [-0.2, -0.15) is 5.10 Å². The number of hydrazone groups is 1. The Kier molecular flexibility index (Phi) is 3.82. The van der Waals surface area contributed by atoms with Gasteiger partial charge in [0.25, 0.3) is 0 Å². The summed E-state index contributed by atoms with van der Waals surface area (Å²) in [5.74, 6) is 0.481. The average Bonchev–Trinajstić information content (AvgIpc) is 3.14. The van der Waals surface area contributed by atoms with Crippen LogP contribution in [0, 0.1) is 0 Å². The van der Waals surface area contributed by atoms with Gasteiger partial charge in [-0.25, -0.2) is 5.43 Å². The number of amides is 1. The highest BCUT2D eigenvalue weighted by Gasteiger charge is 2.05. The molecule has 1 amide bonds. The molecule has 2 heterocycles. The summed E-state index contributed by atoms with van der Waals surface area (Å²) >= 11 is 0. The van der Waals surface area contributed by atoms with Gasteiger partial charge in [-0.05, 0) is 30.2 Å². The molecule has 0 radical (unpaired) electrons. The number of furan rings is 1. The van der Waals surface area contributed by atoms with Crippen molar-refractivity contribution in [3.05, 3.63) is 60.2 Å². The van der Waals surface area contributed by atoms with Gasteiger partial charge < -0.3 is 9.40 Å². The fourth-order valence-corrected chi connectivity index (χ4v) is 2.18. The smallest absolute Gasteiger partial charge is 0.240 e. The molecule has 0 atom stereocenters. The van der Waals surface area contributed by atoms with Crippen LogP contribution < -0.4 is 5.43 Å². The van der Waals surface area contributed by atoms with E-state index < -0.39 is 0 Å². The summed E-state index contributed by atoms with van der Waals surface area (Å²) in [5, 5.41) is 5.01. The number of hydrogen-bond acceptors (Lipinski definition) is 3. The Morgan fingerprint density at radius 1 is 1.29 bits per heavy atom. The number of hydrogen-bond donors (Lipinski definition) is 2. The second kappa shape index (κ2) is 6.09. The minimum atomic E-state index is -0.122. The molecule has 1 aromatic carbocycles. The van der Waals surface area contributed by atoms with E-state index in [1.807, 2.05) is 30.5 Å². The van der Waals surface area contributed by atoms with Crippen LogP contribution in [0.1, 0.15) is 17.7 Å². The van der Waals surface area contributed by atoms with Crippen molar-refractivity contribution in [3.8, 4) is 0 Å². The number of aromatic amines is 1. The van der Waals surface area contributed by atoms with Crippen molar-refractivity contribution in [2.24, 2.45) is 5.10 Å². The molecule has 0 fully saturated rings. The van der Waals surface area contributed by atoms with E-state index >= 15 is 0 Å². The highest BCUT2D eigenvalue weighted by atomic mass is 16.3. The Hall–Kier alpha value is -2.82. The SMILES string of the molecule is O=C(CCc1c[nH]c2ccccc12)N/N=C\c1ccco1. The number of para-hydroxylation sites is 1. The monoisotopic (exact) mass is 281 g/mol. The van der Waals surface area contributed by atoms with Gasteiger partial charge in [0.05, 0.1) is 12.5 Å². The van der Waals surface area contributed by atoms with Crippen molar-refractivity contribution in [1.29, 1.82) is 0 Å². The second-order valence-electron chi connectivity index (χ2n) is 4.67. The number of aryl methyl sites for hydroxylation is 1. The molecule has 5 heteroatoms. The molecule has 0 aliphatic rings. The van der Waals surface area contributed by atoms with E-state index in [1.165, 1.54) is 6.21 Å². The number of carbonyl (C=O) groups excluding carboxylic acids is 1. The van der Waals surface area contributed by atoms with Crippen molar-refractivity contribution in [2.75, 3.05) is 0 Å². The molecule has 0 saturated heterocycles. The first-order chi connectivity index (χ1) is 10.3. The number of rotatable bonds is 5. The van der Waals surface area contributed by atoms with Gasteiger partial charge in [0, 0.05) is 23.5 Å². The lowest BCUT2D eigenvalue weighted by molar-refractivity contribution is -0.121. The fourth-order valence-electron chi connectivity index (χ4n) is 2.18. The second-order valence-corrected chi connectivity index (χ2v) is 4.67. The van der Waals surface area contributed by atoms with E-state index in [1.54, 1.807) is 18.4 Å². The zero-order valence-electron chi connectivity index (χ0n) is 11.4. The van der Waals surface area contributed by atoms with E-state index in [0.717, 1.165) is 16.5 Å². The Morgan fingerprint density at radius 3 is 3.05 bits per heavy atom. The number of carbonyl (C=O) groups is 1. The summed E-state index contributed by atoms with van der Waals surface area (Å²) < 4.78 is 5.08. The van der Waals surface area contributed by atoms with Gasteiger partial charge in [-0.15, -0.1) is 0 Å². The van der Waals surface area contributed by atoms with E-state index in [0.29, 0.717) is 18.6 Å². The summed E-state index contributed by atoms with van der Waals surface area (Å²) in [4.78, 5) is 14.9. The molecule has 5 nitrogen and oxygen atoms in total. The zero-order valence-corrected chi connectivity index (χ0v) is 11.4. The Balaban J connectivity index is 1.54. The number of benzene rings is 1. The maximum atomic E-state index is 11.7. The van der Waals surface area contributed by atoms with Crippen molar-refractivity contribution >= 4 is 23.0 Å². The number of fused-ring (bicyclic) bond motifs is 1. The Labute approximate surface area is 121 Å². The molecule has 0 spiro atoms. The third-order valence-electron chi connectivity index (χ3n) is 3.22. The largest absolute Gasteiger partial charge is 0.463 e. The van der Waals surface area contributed by atoms with Crippen LogP contribution >= 0.6 is 0 Å². The summed E-state index contributed by atoms with van der Waals surface area (Å²) in [6.45, 7) is 0. The maximum Gasteiger partial charge on any atom is 0.240 e. The predicted molar refractivity (Wildman–Crippen MR) is 81.1 cm³/mol. The highest BCUT2D eigenvalue weighted by molar-refractivity contribution is 5.84. The molecule has 3 aromatic rings. The normalized spacial score (nSPS) is 11.2. The van der Waals surface area contributed by atoms with Crippen LogP contribution in [0.3, 0.4) is 0 Å². The maximum absolute atomic E-state index is 11.7. The van der Waals surface area contributed by atoms with Crippen LogP contribution in [0.5, 0.6) is 0 Å². The quantitative estimate of drug-likeness (QED) is 0.557. The molecule has 0 aliphatic carbocycles. The number of nitrogens with one attached hydrogen (secondary N) is 2. The molecule has 0 aliphatic heterocycles. The third kappa shape index (κ3) is 3.20. The number of nitrogens with zero attached hydrogens (tertiary/aromatic N) is 1. The molecule has 0 bridgehead atoms. The van der Waals surface area contributed by atoms with Crippen LogP contribution in [0.4, 0.5) is 0 Å². The summed E-state index contributed by atoms with van der Waals surface area (Å²) in [6.07, 6.45) is 6.04. The van der Waals surface area contributed by atoms with Crippen molar-refractivity contribution in [1.82, 2.24) is 10.4 Å². The highest BCUT2D eigenvalue weighted by Crippen LogP contribution is 2.18. The lowest BCUT2D eigenvalue weighted by Crippen LogP contribution is -2.17. The predicted octanol–water partition coefficient (Wildman–Crippen LogP) is 2.84. The molecule has 2 N–H and O–H groups in total. The van der Waals surface area contributed by atoms with Gasteiger partial charge in [0.2, 0.25) is 5.91 Å². The number of H-pyrrole nitrogens is 1. The van der Waals surface area contributed by atoms with Crippen molar-refractivity contribution in [3.63, 3.8) is 0 Å². The average molecular weight is 281 g/mol. The lowest BCUT2D eigenvalue weighted by atomic mass is 10.1. The van der Waals surface area contributed by atoms with Crippen LogP contribution in [0.2, 0.25) is 0 Å². The van der Waals surface area contributed by atoms with E-state index in [4.69, 9.17) is 4.42 Å². The minimum Gasteiger partial charge on any atom is -0.463 e. The van der Waals surface area contributed by atoms with Crippen LogP contribution in [-0.2, 0) is 11.2 Å². The summed E-state index contributed by atoms with van der Waals surface area (Å²) in [6, 6.07) is 11.6. The van der Waals surface area contributed by atoms with E-state index in [9.17, 15) is 4.79 Å². The van der Waals surface area contributed by atoms with Crippen LogP contribution in [0.15, 0.2) is 58.4 Å². The van der Waals surface area contributed by atoms with E-state index in [2.05, 4.69) is 15.5 Å². The molecule has 106 valence electrons. The molecule has 21 heavy (non-hydrogen) atoms. The molecule has 2 aromatic heterocycles. The van der Waals surface area contributed by atoms with Crippen LogP contribution in [-0.4, -0.2) is 17.1 Å². The Bertz CT molecular complexity index is 757. The Morgan fingerprint density at radius 2 is 2.19 bits per heavy atom. The fraction of sp³-hybridized carbons (Fsp3) is 0.125. The third-order valence-corrected chi connectivity index (χ3v) is 3.22. The molecule has 3 rings (SSSR count). The standard InChI is InChI=1S/C16H15N3O2/c20-16(19-18-11-13-4-3-9-21-13)8-7-12-10-17-15-6-2-1-5-14(12)15/h1-6,9-11,17H,7-8H2,(H,19,20)/b18-11-. The molecule has 0 unspecified atom stereocenters. The van der Waals surface area contributed by atoms with Gasteiger partial charge in [0.15, 0.2) is 0 Å². The molecule has 0 saturated carbocycles. The molecular formula is C16H15N3O2. The number of aromatic nitrogens is 1. The first kappa shape index (κ1) is 13.2. The summed E-state index contributed by atoms with van der Waals surface area (Å²) in [5.41, 5.74) is 4.71. The first-order valence-electron chi connectivity index (χ1n) is 6.73. The topological polar surface area (TPSA) is 70.4 Å². The van der Waals surface area contributed by atoms with Gasteiger partial charge >= 0.3 is 0 Å². The van der Waals surface area contributed by atoms with Crippen LogP contribution in [0.25, 0.3) is 10.9 Å². The van der Waals surface area contributed by atoms with Crippen molar-refractivity contribution in [2.45, 2.75) is 12.8 Å². The summed E-state index contributed by atoms with van der Waals surface area (Å²) in [7, 11) is 0. The van der Waals surface area contributed by atoms with Gasteiger partial charge in [0.1, 0.15) is 5.76 Å². The zero-order chi connectivity index (χ0) is 14.5.